The average Bonchev–Trinajstić information content (AvgIpc) is 3.00. The predicted octanol–water partition coefficient (Wildman–Crippen LogP) is 4.51. The molecule has 9 nitrogen and oxygen atoms in total. The number of amides is 2. The van der Waals surface area contributed by atoms with E-state index in [-0.39, 0.29) is 41.4 Å². The number of halogens is 1. The van der Waals surface area contributed by atoms with Crippen LogP contribution in [0.25, 0.3) is 0 Å². The van der Waals surface area contributed by atoms with Gasteiger partial charge in [0.25, 0.3) is 10.0 Å². The molecule has 0 aliphatic carbocycles. The monoisotopic (exact) mass is 597 g/mol. The van der Waals surface area contributed by atoms with Gasteiger partial charge in [-0.25, -0.2) is 12.8 Å². The highest BCUT2D eigenvalue weighted by molar-refractivity contribution is 7.92. The summed E-state index contributed by atoms with van der Waals surface area (Å²) in [7, 11) is -4.35. The summed E-state index contributed by atoms with van der Waals surface area (Å²) >= 11 is 0. The van der Waals surface area contributed by atoms with Crippen LogP contribution in [0.15, 0.2) is 77.7 Å². The first-order valence-electron chi connectivity index (χ1n) is 14.0. The number of benzene rings is 3. The van der Waals surface area contributed by atoms with E-state index in [1.807, 2.05) is 44.2 Å². The third-order valence-electron chi connectivity index (χ3n) is 7.08. The van der Waals surface area contributed by atoms with Crippen molar-refractivity contribution in [3.63, 3.8) is 0 Å². The molecule has 0 saturated carbocycles. The topological polar surface area (TPSA) is 105 Å². The third kappa shape index (κ3) is 7.20. The van der Waals surface area contributed by atoms with E-state index in [9.17, 15) is 22.4 Å². The Morgan fingerprint density at radius 2 is 1.60 bits per heavy atom. The van der Waals surface area contributed by atoms with Crippen LogP contribution in [0.4, 0.5) is 10.1 Å². The Bertz CT molecular complexity index is 1480. The Morgan fingerprint density at radius 3 is 2.24 bits per heavy atom. The summed E-state index contributed by atoms with van der Waals surface area (Å²) in [6, 6.07) is 17.3. The Morgan fingerprint density at radius 1 is 0.929 bits per heavy atom. The van der Waals surface area contributed by atoms with Crippen molar-refractivity contribution < 1.29 is 31.9 Å². The highest BCUT2D eigenvalue weighted by atomic mass is 32.2. The van der Waals surface area contributed by atoms with E-state index in [2.05, 4.69) is 5.32 Å². The zero-order valence-corrected chi connectivity index (χ0v) is 24.8. The highest BCUT2D eigenvalue weighted by Crippen LogP contribution is 2.34. The van der Waals surface area contributed by atoms with Gasteiger partial charge >= 0.3 is 0 Å². The van der Waals surface area contributed by atoms with Crippen LogP contribution in [0, 0.1) is 5.82 Å². The number of nitrogens with one attached hydrogen (secondary N) is 1. The van der Waals surface area contributed by atoms with E-state index in [0.717, 1.165) is 22.0 Å². The molecule has 1 aliphatic rings. The molecule has 0 radical (unpaired) electrons. The Labute approximate surface area is 246 Å². The van der Waals surface area contributed by atoms with E-state index < -0.39 is 34.3 Å². The van der Waals surface area contributed by atoms with Gasteiger partial charge in [0.1, 0.15) is 31.6 Å². The third-order valence-corrected chi connectivity index (χ3v) is 8.85. The lowest BCUT2D eigenvalue weighted by Gasteiger charge is -2.33. The van der Waals surface area contributed by atoms with Crippen molar-refractivity contribution in [3.8, 4) is 11.5 Å². The molecule has 3 aromatic carbocycles. The van der Waals surface area contributed by atoms with Crippen LogP contribution >= 0.6 is 0 Å². The van der Waals surface area contributed by atoms with Crippen LogP contribution in [0.5, 0.6) is 11.5 Å². The fourth-order valence-corrected chi connectivity index (χ4v) is 6.02. The van der Waals surface area contributed by atoms with Crippen molar-refractivity contribution in [2.45, 2.75) is 57.1 Å². The largest absolute Gasteiger partial charge is 0.486 e. The average molecular weight is 598 g/mol. The molecule has 2 amide bonds. The van der Waals surface area contributed by atoms with Crippen LogP contribution in [-0.2, 0) is 26.2 Å². The molecule has 0 spiro atoms. The van der Waals surface area contributed by atoms with E-state index in [0.29, 0.717) is 25.2 Å². The maximum Gasteiger partial charge on any atom is 0.264 e. The summed E-state index contributed by atoms with van der Waals surface area (Å²) in [4.78, 5) is 28.7. The van der Waals surface area contributed by atoms with Gasteiger partial charge in [-0.3, -0.25) is 13.9 Å². The summed E-state index contributed by atoms with van der Waals surface area (Å²) < 4.78 is 54.0. The molecule has 2 atom stereocenters. The molecule has 0 bridgehead atoms. The quantitative estimate of drug-likeness (QED) is 0.329. The second kappa shape index (κ2) is 13.7. The SMILES string of the molecule is CC[C@H](C(=O)N[C@@H](C)CC)N(Cc1ccccc1)C(=O)CN(c1ccc(F)cc1)S(=O)(=O)c1ccc2c(c1)OCCO2. The van der Waals surface area contributed by atoms with Gasteiger partial charge in [0.15, 0.2) is 11.5 Å². The molecule has 0 unspecified atom stereocenters. The summed E-state index contributed by atoms with van der Waals surface area (Å²) in [6.45, 7) is 5.70. The lowest BCUT2D eigenvalue weighted by Crippen LogP contribution is -2.53. The van der Waals surface area contributed by atoms with Crippen LogP contribution in [0.3, 0.4) is 0 Å². The molecule has 1 aliphatic heterocycles. The number of fused-ring (bicyclic) bond motifs is 1. The van der Waals surface area contributed by atoms with Crippen LogP contribution < -0.4 is 19.1 Å². The van der Waals surface area contributed by atoms with E-state index in [4.69, 9.17) is 9.47 Å². The van der Waals surface area contributed by atoms with Crippen molar-refractivity contribution in [3.05, 3.63) is 84.2 Å². The fraction of sp³-hybridized carbons (Fsp3) is 0.355. The predicted molar refractivity (Wildman–Crippen MR) is 157 cm³/mol. The number of ether oxygens (including phenoxy) is 2. The molecule has 0 aromatic heterocycles. The number of hydrogen-bond donors (Lipinski definition) is 1. The molecule has 3 aromatic rings. The van der Waals surface area contributed by atoms with Crippen molar-refractivity contribution in [1.82, 2.24) is 10.2 Å². The van der Waals surface area contributed by atoms with Gasteiger partial charge in [-0.1, -0.05) is 44.2 Å². The lowest BCUT2D eigenvalue weighted by atomic mass is 10.1. The maximum atomic E-state index is 14.1. The van der Waals surface area contributed by atoms with Gasteiger partial charge in [-0.05, 0) is 61.7 Å². The second-order valence-electron chi connectivity index (χ2n) is 10.0. The number of anilines is 1. The molecular weight excluding hydrogens is 561 g/mol. The van der Waals surface area contributed by atoms with Gasteiger partial charge in [-0.15, -0.1) is 0 Å². The normalized spacial score (nSPS) is 14.0. The smallest absolute Gasteiger partial charge is 0.264 e. The van der Waals surface area contributed by atoms with Crippen LogP contribution in [-0.4, -0.2) is 57.0 Å². The van der Waals surface area contributed by atoms with Crippen molar-refractivity contribution in [1.29, 1.82) is 0 Å². The zero-order valence-electron chi connectivity index (χ0n) is 24.0. The molecular formula is C31H36FN3O6S. The first kappa shape index (κ1) is 30.8. The number of sulfonamides is 1. The van der Waals surface area contributed by atoms with Gasteiger partial charge in [0.05, 0.1) is 10.6 Å². The van der Waals surface area contributed by atoms with Crippen LogP contribution in [0.1, 0.15) is 39.2 Å². The van der Waals surface area contributed by atoms with Gasteiger partial charge in [-0.2, -0.15) is 0 Å². The van der Waals surface area contributed by atoms with Crippen molar-refractivity contribution in [2.75, 3.05) is 24.1 Å². The van der Waals surface area contributed by atoms with Crippen molar-refractivity contribution >= 4 is 27.5 Å². The Balaban J connectivity index is 1.73. The van der Waals surface area contributed by atoms with E-state index in [1.165, 1.54) is 35.2 Å². The lowest BCUT2D eigenvalue weighted by molar-refractivity contribution is -0.140. The number of carbonyl (C=O) groups excluding carboxylic acids is 2. The van der Waals surface area contributed by atoms with E-state index >= 15 is 0 Å². The zero-order chi connectivity index (χ0) is 30.3. The Kier molecular flexibility index (Phi) is 10.1. The van der Waals surface area contributed by atoms with Crippen LogP contribution in [0.2, 0.25) is 0 Å². The summed E-state index contributed by atoms with van der Waals surface area (Å²) in [5, 5.41) is 2.95. The maximum absolute atomic E-state index is 14.1. The molecule has 224 valence electrons. The molecule has 0 fully saturated rings. The van der Waals surface area contributed by atoms with Gasteiger partial charge in [0, 0.05) is 18.7 Å². The number of nitrogens with zero attached hydrogens (tertiary/aromatic N) is 2. The summed E-state index contributed by atoms with van der Waals surface area (Å²) in [6.07, 6.45) is 1.02. The van der Waals surface area contributed by atoms with Gasteiger partial charge in [0.2, 0.25) is 11.8 Å². The minimum atomic E-state index is -4.35. The summed E-state index contributed by atoms with van der Waals surface area (Å²) in [5.41, 5.74) is 0.875. The highest BCUT2D eigenvalue weighted by Gasteiger charge is 2.34. The number of carbonyl (C=O) groups is 2. The molecule has 11 heteroatoms. The van der Waals surface area contributed by atoms with Crippen molar-refractivity contribution in [2.24, 2.45) is 0 Å². The minimum absolute atomic E-state index is 0.0907. The fourth-order valence-electron chi connectivity index (χ4n) is 4.59. The molecule has 0 saturated heterocycles. The number of hydrogen-bond acceptors (Lipinski definition) is 6. The first-order valence-corrected chi connectivity index (χ1v) is 15.4. The summed E-state index contributed by atoms with van der Waals surface area (Å²) in [5.74, 6) is -0.780. The van der Waals surface area contributed by atoms with Gasteiger partial charge < -0.3 is 19.7 Å². The van der Waals surface area contributed by atoms with E-state index in [1.54, 1.807) is 6.92 Å². The Hall–Kier alpha value is -4.12. The standard InChI is InChI=1S/C31H36FN3O6S/c1-4-22(3)33-31(37)27(5-2)34(20-23-9-7-6-8-10-23)30(36)21-35(25-13-11-24(32)12-14-25)42(38,39)26-15-16-28-29(19-26)41-18-17-40-28/h6-16,19,22,27H,4-5,17-18,20-21H2,1-3H3,(H,33,37)/t22-,27+/m0/s1. The second-order valence-corrected chi connectivity index (χ2v) is 11.9. The molecule has 42 heavy (non-hydrogen) atoms. The molecule has 1 N–H and O–H groups in total. The first-order chi connectivity index (χ1) is 20.1. The molecule has 4 rings (SSSR count). The molecule has 1 heterocycles. The number of rotatable bonds is 12. The minimum Gasteiger partial charge on any atom is -0.486 e.